The van der Waals surface area contributed by atoms with Crippen LogP contribution in [0.5, 0.6) is 0 Å². The van der Waals surface area contributed by atoms with Gasteiger partial charge in [0, 0.05) is 11.4 Å². The van der Waals surface area contributed by atoms with Crippen LogP contribution < -0.4 is 10.6 Å². The Labute approximate surface area is 202 Å². The van der Waals surface area contributed by atoms with Gasteiger partial charge in [0.05, 0.1) is 24.3 Å². The van der Waals surface area contributed by atoms with Crippen molar-refractivity contribution >= 4 is 22.7 Å². The first kappa shape index (κ1) is 24.4. The Kier molecular flexibility index (Phi) is 6.59. The SMILES string of the molecule is CC(C)(C)C(NC(=O)c1nn(Cc2ccc(C#N)cc2)c2c(F)cccc12)C(=O)NC1CC(O)C1. The maximum atomic E-state index is 14.8. The van der Waals surface area contributed by atoms with Gasteiger partial charge in [-0.15, -0.1) is 0 Å². The molecule has 0 bridgehead atoms. The molecule has 1 atom stereocenters. The number of hydrogen-bond acceptors (Lipinski definition) is 5. The van der Waals surface area contributed by atoms with Crippen molar-refractivity contribution in [2.24, 2.45) is 5.41 Å². The van der Waals surface area contributed by atoms with Gasteiger partial charge in [-0.3, -0.25) is 14.3 Å². The molecule has 182 valence electrons. The van der Waals surface area contributed by atoms with Crippen LogP contribution in [0.25, 0.3) is 10.9 Å². The van der Waals surface area contributed by atoms with Crippen LogP contribution in [0.15, 0.2) is 42.5 Å². The first-order valence-corrected chi connectivity index (χ1v) is 11.5. The molecule has 4 rings (SSSR count). The topological polar surface area (TPSA) is 120 Å². The number of carbonyl (C=O) groups is 2. The van der Waals surface area contributed by atoms with Crippen molar-refractivity contribution in [3.05, 3.63) is 65.1 Å². The van der Waals surface area contributed by atoms with E-state index in [1.807, 2.05) is 20.8 Å². The smallest absolute Gasteiger partial charge is 0.273 e. The molecule has 3 N–H and O–H groups in total. The van der Waals surface area contributed by atoms with E-state index in [1.54, 1.807) is 30.3 Å². The number of rotatable bonds is 6. The van der Waals surface area contributed by atoms with Gasteiger partial charge in [-0.25, -0.2) is 4.39 Å². The van der Waals surface area contributed by atoms with E-state index in [0.717, 1.165) is 5.56 Å². The van der Waals surface area contributed by atoms with E-state index in [4.69, 9.17) is 5.26 Å². The molecule has 1 fully saturated rings. The van der Waals surface area contributed by atoms with Crippen LogP contribution >= 0.6 is 0 Å². The summed E-state index contributed by atoms with van der Waals surface area (Å²) in [5.41, 5.74) is 0.900. The summed E-state index contributed by atoms with van der Waals surface area (Å²) in [4.78, 5) is 26.3. The molecule has 0 saturated heterocycles. The fourth-order valence-electron chi connectivity index (χ4n) is 4.20. The second-order valence-corrected chi connectivity index (χ2v) is 10.1. The largest absolute Gasteiger partial charge is 0.393 e. The molecule has 0 aliphatic heterocycles. The third-order valence-corrected chi connectivity index (χ3v) is 6.21. The number of halogens is 1. The van der Waals surface area contributed by atoms with Crippen LogP contribution in [-0.2, 0) is 11.3 Å². The Morgan fingerprint density at radius 2 is 1.91 bits per heavy atom. The number of nitriles is 1. The van der Waals surface area contributed by atoms with E-state index < -0.39 is 29.3 Å². The number of nitrogens with zero attached hydrogens (tertiary/aromatic N) is 3. The Balaban J connectivity index is 1.62. The molecule has 3 aromatic rings. The number of amides is 2. The van der Waals surface area contributed by atoms with Crippen molar-refractivity contribution < 1.29 is 19.1 Å². The highest BCUT2D eigenvalue weighted by Gasteiger charge is 2.37. The van der Waals surface area contributed by atoms with E-state index in [0.29, 0.717) is 23.8 Å². The molecule has 1 aliphatic carbocycles. The maximum Gasteiger partial charge on any atom is 0.273 e. The second-order valence-electron chi connectivity index (χ2n) is 10.1. The highest BCUT2D eigenvalue weighted by atomic mass is 19.1. The monoisotopic (exact) mass is 477 g/mol. The van der Waals surface area contributed by atoms with Crippen molar-refractivity contribution in [3.63, 3.8) is 0 Å². The standard InChI is InChI=1S/C26H28FN5O3/c1-26(2,3)23(25(35)29-17-11-18(33)12-17)30-24(34)21-19-5-4-6-20(27)22(19)32(31-21)14-16-9-7-15(13-28)8-10-16/h4-10,17-18,23,33H,11-12,14H2,1-3H3,(H,29,35)(H,30,34). The summed E-state index contributed by atoms with van der Waals surface area (Å²) in [6.07, 6.45) is 0.560. The summed E-state index contributed by atoms with van der Waals surface area (Å²) in [6, 6.07) is 12.3. The molecule has 8 nitrogen and oxygen atoms in total. The third-order valence-electron chi connectivity index (χ3n) is 6.21. The summed E-state index contributed by atoms with van der Waals surface area (Å²) in [6.45, 7) is 5.72. The van der Waals surface area contributed by atoms with Crippen LogP contribution in [0.3, 0.4) is 0 Å². The molecule has 1 saturated carbocycles. The van der Waals surface area contributed by atoms with Crippen molar-refractivity contribution in [1.82, 2.24) is 20.4 Å². The molecule has 1 aliphatic rings. The molecule has 1 heterocycles. The van der Waals surface area contributed by atoms with Gasteiger partial charge in [-0.05, 0) is 42.0 Å². The van der Waals surface area contributed by atoms with E-state index >= 15 is 0 Å². The van der Waals surface area contributed by atoms with Gasteiger partial charge in [-0.2, -0.15) is 10.4 Å². The molecule has 1 aromatic heterocycles. The van der Waals surface area contributed by atoms with Gasteiger partial charge in [-0.1, -0.05) is 45.0 Å². The first-order valence-electron chi connectivity index (χ1n) is 11.5. The van der Waals surface area contributed by atoms with Crippen LogP contribution in [0.4, 0.5) is 4.39 Å². The molecule has 2 amide bonds. The summed E-state index contributed by atoms with van der Waals surface area (Å²) in [5.74, 6) is -1.44. The van der Waals surface area contributed by atoms with Gasteiger partial charge >= 0.3 is 0 Å². The maximum absolute atomic E-state index is 14.8. The summed E-state index contributed by atoms with van der Waals surface area (Å²) < 4.78 is 16.2. The van der Waals surface area contributed by atoms with Crippen LogP contribution in [0.1, 0.15) is 55.2 Å². The van der Waals surface area contributed by atoms with Crippen molar-refractivity contribution in [2.45, 2.75) is 58.3 Å². The van der Waals surface area contributed by atoms with Crippen molar-refractivity contribution in [1.29, 1.82) is 5.26 Å². The normalized spacial score (nSPS) is 18.4. The molecule has 9 heteroatoms. The number of para-hydroxylation sites is 1. The van der Waals surface area contributed by atoms with Gasteiger partial charge in [0.15, 0.2) is 5.69 Å². The fraction of sp³-hybridized carbons (Fsp3) is 0.385. The quantitative estimate of drug-likeness (QED) is 0.504. The predicted molar refractivity (Wildman–Crippen MR) is 128 cm³/mol. The van der Waals surface area contributed by atoms with Gasteiger partial charge in [0.1, 0.15) is 17.4 Å². The zero-order chi connectivity index (χ0) is 25.3. The van der Waals surface area contributed by atoms with Crippen molar-refractivity contribution in [3.8, 4) is 6.07 Å². The lowest BCUT2D eigenvalue weighted by Crippen LogP contribution is -2.58. The number of carbonyl (C=O) groups excluding carboxylic acids is 2. The van der Waals surface area contributed by atoms with E-state index in [2.05, 4.69) is 21.8 Å². The van der Waals surface area contributed by atoms with E-state index in [-0.39, 0.29) is 29.7 Å². The fourth-order valence-corrected chi connectivity index (χ4v) is 4.20. The molecule has 1 unspecified atom stereocenters. The molecular weight excluding hydrogens is 449 g/mol. The Hall–Kier alpha value is -3.77. The number of aromatic nitrogens is 2. The number of hydrogen-bond donors (Lipinski definition) is 3. The summed E-state index contributed by atoms with van der Waals surface area (Å²) in [5, 5.41) is 28.9. The Morgan fingerprint density at radius 1 is 1.23 bits per heavy atom. The average Bonchev–Trinajstić information content (AvgIpc) is 3.15. The number of nitrogens with one attached hydrogen (secondary N) is 2. The minimum atomic E-state index is -0.861. The summed E-state index contributed by atoms with van der Waals surface area (Å²) >= 11 is 0. The van der Waals surface area contributed by atoms with Gasteiger partial charge < -0.3 is 15.7 Å². The third kappa shape index (κ3) is 5.17. The van der Waals surface area contributed by atoms with Crippen LogP contribution in [0, 0.1) is 22.6 Å². The van der Waals surface area contributed by atoms with Gasteiger partial charge in [0.2, 0.25) is 5.91 Å². The first-order chi connectivity index (χ1) is 16.6. The highest BCUT2D eigenvalue weighted by molar-refractivity contribution is 6.06. The lowest BCUT2D eigenvalue weighted by Gasteiger charge is -2.36. The average molecular weight is 478 g/mol. The summed E-state index contributed by atoms with van der Waals surface area (Å²) in [7, 11) is 0. The molecule has 0 radical (unpaired) electrons. The number of aliphatic hydroxyl groups is 1. The lowest BCUT2D eigenvalue weighted by molar-refractivity contribution is -0.127. The predicted octanol–water partition coefficient (Wildman–Crippen LogP) is 2.88. The second kappa shape index (κ2) is 9.47. The number of fused-ring (bicyclic) bond motifs is 1. The highest BCUT2D eigenvalue weighted by Crippen LogP contribution is 2.26. The van der Waals surface area contributed by atoms with Crippen LogP contribution in [0.2, 0.25) is 0 Å². The van der Waals surface area contributed by atoms with Crippen LogP contribution in [-0.4, -0.2) is 44.9 Å². The van der Waals surface area contributed by atoms with E-state index in [9.17, 15) is 19.1 Å². The molecular formula is C26H28FN5O3. The lowest BCUT2D eigenvalue weighted by atomic mass is 9.84. The number of aliphatic hydroxyl groups excluding tert-OH is 1. The Morgan fingerprint density at radius 3 is 2.51 bits per heavy atom. The minimum absolute atomic E-state index is 0.0225. The zero-order valence-electron chi connectivity index (χ0n) is 19.9. The molecule has 2 aromatic carbocycles. The van der Waals surface area contributed by atoms with Crippen molar-refractivity contribution in [2.75, 3.05) is 0 Å². The molecule has 0 spiro atoms. The minimum Gasteiger partial charge on any atom is -0.393 e. The van der Waals surface area contributed by atoms with E-state index in [1.165, 1.54) is 16.8 Å². The molecule has 35 heavy (non-hydrogen) atoms. The zero-order valence-corrected chi connectivity index (χ0v) is 19.9. The van der Waals surface area contributed by atoms with Gasteiger partial charge in [0.25, 0.3) is 5.91 Å². The number of benzene rings is 2. The Bertz CT molecular complexity index is 1300.